The molecule has 0 saturated carbocycles. The Labute approximate surface area is 225 Å². The second kappa shape index (κ2) is 12.9. The van der Waals surface area contributed by atoms with Crippen molar-refractivity contribution in [2.75, 3.05) is 26.8 Å². The first kappa shape index (κ1) is 29.2. The summed E-state index contributed by atoms with van der Waals surface area (Å²) < 4.78 is 39.4. The Kier molecular flexibility index (Phi) is 9.95. The van der Waals surface area contributed by atoms with Crippen LogP contribution < -0.4 is 4.80 Å². The monoisotopic (exact) mass is 561 g/mol. The number of carbonyl (C=O) groups excluding carboxylic acids is 3. The van der Waals surface area contributed by atoms with Gasteiger partial charge in [-0.2, -0.15) is 9.30 Å². The first-order valence-electron chi connectivity index (χ1n) is 12.2. The lowest BCUT2D eigenvalue weighted by atomic mass is 10.2. The number of hydrogen-bond donors (Lipinski definition) is 0. The molecule has 1 amide bonds. The van der Waals surface area contributed by atoms with Crippen LogP contribution in [-0.2, 0) is 30.8 Å². The van der Waals surface area contributed by atoms with Crippen molar-refractivity contribution >= 4 is 49.4 Å². The summed E-state index contributed by atoms with van der Waals surface area (Å²) in [4.78, 5) is 41.8. The zero-order valence-corrected chi connectivity index (χ0v) is 23.4. The maximum Gasteiger partial charge on any atom is 0.337 e. The number of benzene rings is 2. The van der Waals surface area contributed by atoms with Gasteiger partial charge in [0, 0.05) is 18.7 Å². The van der Waals surface area contributed by atoms with Crippen LogP contribution in [0, 0.1) is 0 Å². The number of sulfonamides is 1. The second-order valence-electron chi connectivity index (χ2n) is 8.24. The van der Waals surface area contributed by atoms with E-state index in [1.54, 1.807) is 36.6 Å². The molecule has 0 unspecified atom stereocenters. The SMILES string of the molecule is CCCCN(CC)S(=O)(=O)c1ccc(C(=O)N=c2sc3cc(C(=O)OC)ccc3n2CC(=O)OCC)cc1. The number of aromatic nitrogens is 1. The fraction of sp³-hybridized carbons (Fsp3) is 0.385. The van der Waals surface area contributed by atoms with E-state index in [-0.39, 0.29) is 28.4 Å². The summed E-state index contributed by atoms with van der Waals surface area (Å²) in [6.07, 6.45) is 1.63. The van der Waals surface area contributed by atoms with Crippen LogP contribution in [-0.4, -0.2) is 61.9 Å². The molecule has 12 heteroatoms. The van der Waals surface area contributed by atoms with Gasteiger partial charge in [-0.25, -0.2) is 13.2 Å². The van der Waals surface area contributed by atoms with Crippen molar-refractivity contribution in [2.45, 2.75) is 45.1 Å². The lowest BCUT2D eigenvalue weighted by molar-refractivity contribution is -0.143. The molecule has 1 heterocycles. The number of unbranched alkanes of at least 4 members (excludes halogenated alkanes) is 1. The van der Waals surface area contributed by atoms with Crippen molar-refractivity contribution < 1.29 is 32.3 Å². The van der Waals surface area contributed by atoms with Crippen LogP contribution in [0.4, 0.5) is 0 Å². The fourth-order valence-electron chi connectivity index (χ4n) is 3.74. The standard InChI is InChI=1S/C26H31N3O7S2/c1-5-8-15-28(6-2)38(33,34)20-12-9-18(10-13-20)24(31)27-26-29(17-23(30)36-7-3)21-14-11-19(25(32)35-4)16-22(21)37-26/h9-14,16H,5-8,15,17H2,1-4H3. The molecule has 3 rings (SSSR count). The minimum absolute atomic E-state index is 0.0987. The van der Waals surface area contributed by atoms with Gasteiger partial charge in [-0.15, -0.1) is 0 Å². The zero-order valence-electron chi connectivity index (χ0n) is 21.8. The van der Waals surface area contributed by atoms with Crippen molar-refractivity contribution in [1.82, 2.24) is 8.87 Å². The van der Waals surface area contributed by atoms with Gasteiger partial charge in [0.25, 0.3) is 5.91 Å². The highest BCUT2D eigenvalue weighted by atomic mass is 32.2. The minimum atomic E-state index is -3.68. The molecule has 0 radical (unpaired) electrons. The van der Waals surface area contributed by atoms with E-state index in [2.05, 4.69) is 4.99 Å². The molecule has 2 aromatic carbocycles. The van der Waals surface area contributed by atoms with Gasteiger partial charge < -0.3 is 14.0 Å². The molecular formula is C26H31N3O7S2. The Morgan fingerprint density at radius 2 is 1.71 bits per heavy atom. The van der Waals surface area contributed by atoms with Crippen LogP contribution in [0.25, 0.3) is 10.2 Å². The number of rotatable bonds is 11. The Hall–Kier alpha value is -3.35. The molecule has 0 N–H and O–H groups in total. The highest BCUT2D eigenvalue weighted by molar-refractivity contribution is 7.89. The minimum Gasteiger partial charge on any atom is -0.465 e. The molecule has 204 valence electrons. The molecule has 1 aromatic heterocycles. The number of esters is 2. The average Bonchev–Trinajstić information content (AvgIpc) is 3.24. The summed E-state index contributed by atoms with van der Waals surface area (Å²) in [5.41, 5.74) is 1.10. The summed E-state index contributed by atoms with van der Waals surface area (Å²) in [6.45, 7) is 6.27. The first-order valence-corrected chi connectivity index (χ1v) is 14.5. The van der Waals surface area contributed by atoms with Crippen LogP contribution in [0.3, 0.4) is 0 Å². The Bertz CT molecular complexity index is 1490. The lowest BCUT2D eigenvalue weighted by Gasteiger charge is -2.20. The normalized spacial score (nSPS) is 12.2. The molecule has 0 spiro atoms. The van der Waals surface area contributed by atoms with Gasteiger partial charge in [0.05, 0.1) is 34.4 Å². The van der Waals surface area contributed by atoms with Crippen molar-refractivity contribution in [3.8, 4) is 0 Å². The number of amides is 1. The second-order valence-corrected chi connectivity index (χ2v) is 11.2. The van der Waals surface area contributed by atoms with E-state index in [0.29, 0.717) is 28.9 Å². The fourth-order valence-corrected chi connectivity index (χ4v) is 6.30. The van der Waals surface area contributed by atoms with E-state index in [0.717, 1.165) is 24.2 Å². The Morgan fingerprint density at radius 1 is 1.03 bits per heavy atom. The van der Waals surface area contributed by atoms with Gasteiger partial charge >= 0.3 is 11.9 Å². The van der Waals surface area contributed by atoms with Gasteiger partial charge in [0.15, 0.2) is 4.80 Å². The smallest absolute Gasteiger partial charge is 0.337 e. The van der Waals surface area contributed by atoms with Crippen LogP contribution in [0.1, 0.15) is 54.3 Å². The van der Waals surface area contributed by atoms with Crippen molar-refractivity contribution in [1.29, 1.82) is 0 Å². The predicted molar refractivity (Wildman–Crippen MR) is 143 cm³/mol. The number of methoxy groups -OCH3 is 1. The molecule has 0 atom stereocenters. The summed E-state index contributed by atoms with van der Waals surface area (Å²) in [5, 5.41) is 0. The van der Waals surface area contributed by atoms with E-state index in [9.17, 15) is 22.8 Å². The molecule has 0 aliphatic rings. The topological polar surface area (TPSA) is 124 Å². The van der Waals surface area contributed by atoms with Crippen LogP contribution >= 0.6 is 11.3 Å². The van der Waals surface area contributed by atoms with E-state index >= 15 is 0 Å². The number of fused-ring (bicyclic) bond motifs is 1. The molecular weight excluding hydrogens is 530 g/mol. The van der Waals surface area contributed by atoms with Gasteiger partial charge in [-0.05, 0) is 55.8 Å². The van der Waals surface area contributed by atoms with Crippen LogP contribution in [0.2, 0.25) is 0 Å². The van der Waals surface area contributed by atoms with Gasteiger partial charge in [0.2, 0.25) is 10.0 Å². The molecule has 10 nitrogen and oxygen atoms in total. The number of hydrogen-bond acceptors (Lipinski definition) is 8. The van der Waals surface area contributed by atoms with Crippen molar-refractivity contribution in [3.05, 3.63) is 58.4 Å². The summed E-state index contributed by atoms with van der Waals surface area (Å²) >= 11 is 1.13. The molecule has 0 saturated heterocycles. The lowest BCUT2D eigenvalue weighted by Crippen LogP contribution is -2.31. The van der Waals surface area contributed by atoms with Gasteiger partial charge in [-0.3, -0.25) is 9.59 Å². The third-order valence-corrected chi connectivity index (χ3v) is 8.78. The molecule has 0 aliphatic carbocycles. The molecule has 38 heavy (non-hydrogen) atoms. The highest BCUT2D eigenvalue weighted by Gasteiger charge is 2.23. The molecule has 0 fully saturated rings. The highest BCUT2D eigenvalue weighted by Crippen LogP contribution is 2.21. The maximum absolute atomic E-state index is 13.0. The predicted octanol–water partition coefficient (Wildman–Crippen LogP) is 3.60. The van der Waals surface area contributed by atoms with Crippen molar-refractivity contribution in [3.63, 3.8) is 0 Å². The third kappa shape index (κ3) is 6.55. The number of ether oxygens (including phenoxy) is 2. The number of carbonyl (C=O) groups is 3. The third-order valence-electron chi connectivity index (χ3n) is 5.75. The van der Waals surface area contributed by atoms with Crippen LogP contribution in [0.5, 0.6) is 0 Å². The summed E-state index contributed by atoms with van der Waals surface area (Å²) in [6, 6.07) is 10.5. The van der Waals surface area contributed by atoms with Crippen LogP contribution in [0.15, 0.2) is 52.4 Å². The Morgan fingerprint density at radius 3 is 2.32 bits per heavy atom. The van der Waals surface area contributed by atoms with Crippen molar-refractivity contribution in [2.24, 2.45) is 4.99 Å². The number of thiazole rings is 1. The maximum atomic E-state index is 13.0. The Balaban J connectivity index is 2.00. The van der Waals surface area contributed by atoms with Gasteiger partial charge in [-0.1, -0.05) is 31.6 Å². The van der Waals surface area contributed by atoms with E-state index < -0.39 is 27.9 Å². The molecule has 0 bridgehead atoms. The largest absolute Gasteiger partial charge is 0.465 e. The number of nitrogens with zero attached hydrogens (tertiary/aromatic N) is 3. The molecule has 0 aliphatic heterocycles. The van der Waals surface area contributed by atoms with E-state index in [1.165, 1.54) is 35.7 Å². The average molecular weight is 562 g/mol. The van der Waals surface area contributed by atoms with E-state index in [1.807, 2.05) is 6.92 Å². The summed E-state index contributed by atoms with van der Waals surface area (Å²) in [5.74, 6) is -1.63. The summed E-state index contributed by atoms with van der Waals surface area (Å²) in [7, 11) is -2.40. The first-order chi connectivity index (χ1) is 18.2. The zero-order chi connectivity index (χ0) is 27.9. The quantitative estimate of drug-likeness (QED) is 0.328. The molecule has 3 aromatic rings. The van der Waals surface area contributed by atoms with Gasteiger partial charge in [0.1, 0.15) is 6.54 Å². The van der Waals surface area contributed by atoms with E-state index in [4.69, 9.17) is 9.47 Å².